The number of nitrogens with zero attached hydrogens (tertiary/aromatic N) is 1. The van der Waals surface area contributed by atoms with E-state index in [2.05, 4.69) is 5.32 Å². The molecule has 0 aromatic heterocycles. The first-order valence-corrected chi connectivity index (χ1v) is 6.78. The summed E-state index contributed by atoms with van der Waals surface area (Å²) in [6.45, 7) is 12.9. The van der Waals surface area contributed by atoms with Crippen LogP contribution in [0.4, 0.5) is 0 Å². The van der Waals surface area contributed by atoms with E-state index in [1.54, 1.807) is 6.92 Å². The number of amides is 1. The van der Waals surface area contributed by atoms with Crippen molar-refractivity contribution >= 4 is 11.9 Å². The fourth-order valence-corrected chi connectivity index (χ4v) is 1.53. The van der Waals surface area contributed by atoms with Gasteiger partial charge in [-0.1, -0.05) is 20.8 Å². The molecule has 0 radical (unpaired) electrons. The van der Waals surface area contributed by atoms with E-state index in [1.165, 1.54) is 0 Å². The zero-order valence-electron chi connectivity index (χ0n) is 13.0. The van der Waals surface area contributed by atoms with Gasteiger partial charge in [-0.15, -0.1) is 0 Å². The van der Waals surface area contributed by atoms with E-state index in [-0.39, 0.29) is 18.0 Å². The predicted octanol–water partition coefficient (Wildman–Crippen LogP) is 1.58. The normalized spacial score (nSPS) is 13.7. The molecule has 1 unspecified atom stereocenters. The van der Waals surface area contributed by atoms with Gasteiger partial charge in [0.2, 0.25) is 5.91 Å². The van der Waals surface area contributed by atoms with Gasteiger partial charge in [-0.05, 0) is 26.7 Å². The fraction of sp³-hybridized carbons (Fsp3) is 0.857. The Morgan fingerprint density at radius 2 is 1.74 bits per heavy atom. The minimum absolute atomic E-state index is 0.0544. The Kier molecular flexibility index (Phi) is 7.05. The lowest BCUT2D eigenvalue weighted by Crippen LogP contribution is -2.50. The SMILES string of the molecule is CC(C)CNC(=O)CN(CC(C)C(=O)O)C(C)(C)C. The van der Waals surface area contributed by atoms with E-state index in [9.17, 15) is 9.59 Å². The second-order valence-electron chi connectivity index (χ2n) is 6.49. The van der Waals surface area contributed by atoms with Crippen LogP contribution >= 0.6 is 0 Å². The molecule has 0 bridgehead atoms. The average Bonchev–Trinajstić information content (AvgIpc) is 2.23. The number of carbonyl (C=O) groups excluding carboxylic acids is 1. The highest BCUT2D eigenvalue weighted by molar-refractivity contribution is 5.78. The third kappa shape index (κ3) is 7.82. The summed E-state index contributed by atoms with van der Waals surface area (Å²) in [5, 5.41) is 11.8. The van der Waals surface area contributed by atoms with Crippen LogP contribution in [0.25, 0.3) is 0 Å². The second kappa shape index (κ2) is 7.48. The molecule has 112 valence electrons. The van der Waals surface area contributed by atoms with Crippen molar-refractivity contribution in [1.82, 2.24) is 10.2 Å². The van der Waals surface area contributed by atoms with Crippen LogP contribution in [-0.2, 0) is 9.59 Å². The van der Waals surface area contributed by atoms with Crippen molar-refractivity contribution in [2.24, 2.45) is 11.8 Å². The van der Waals surface area contributed by atoms with Crippen LogP contribution < -0.4 is 5.32 Å². The van der Waals surface area contributed by atoms with Crippen molar-refractivity contribution in [1.29, 1.82) is 0 Å². The number of hydrogen-bond acceptors (Lipinski definition) is 3. The molecule has 0 aliphatic carbocycles. The molecule has 0 heterocycles. The minimum Gasteiger partial charge on any atom is -0.481 e. The molecule has 5 nitrogen and oxygen atoms in total. The van der Waals surface area contributed by atoms with Crippen molar-refractivity contribution in [2.45, 2.75) is 47.1 Å². The van der Waals surface area contributed by atoms with E-state index in [1.807, 2.05) is 39.5 Å². The molecule has 5 heteroatoms. The van der Waals surface area contributed by atoms with Crippen molar-refractivity contribution < 1.29 is 14.7 Å². The number of carbonyl (C=O) groups is 2. The Morgan fingerprint density at radius 3 is 2.11 bits per heavy atom. The van der Waals surface area contributed by atoms with E-state index in [0.29, 0.717) is 19.0 Å². The Labute approximate surface area is 116 Å². The van der Waals surface area contributed by atoms with Gasteiger partial charge < -0.3 is 10.4 Å². The molecule has 0 saturated heterocycles. The fourth-order valence-electron chi connectivity index (χ4n) is 1.53. The third-order valence-electron chi connectivity index (χ3n) is 2.91. The quantitative estimate of drug-likeness (QED) is 0.738. The smallest absolute Gasteiger partial charge is 0.307 e. The maximum absolute atomic E-state index is 11.9. The molecule has 0 aromatic carbocycles. The Bertz CT molecular complexity index is 308. The summed E-state index contributed by atoms with van der Waals surface area (Å²) in [5.41, 5.74) is -0.237. The first kappa shape index (κ1) is 17.9. The molecule has 0 saturated carbocycles. The van der Waals surface area contributed by atoms with Gasteiger partial charge in [-0.25, -0.2) is 0 Å². The minimum atomic E-state index is -0.836. The maximum Gasteiger partial charge on any atom is 0.307 e. The molecule has 0 aromatic rings. The molecule has 1 atom stereocenters. The Hall–Kier alpha value is -1.10. The van der Waals surface area contributed by atoms with Crippen LogP contribution in [0.3, 0.4) is 0 Å². The number of hydrogen-bond donors (Lipinski definition) is 2. The van der Waals surface area contributed by atoms with Gasteiger partial charge in [0.05, 0.1) is 12.5 Å². The van der Waals surface area contributed by atoms with Gasteiger partial charge in [0, 0.05) is 18.6 Å². The second-order valence-corrected chi connectivity index (χ2v) is 6.49. The van der Waals surface area contributed by atoms with Crippen LogP contribution in [0.2, 0.25) is 0 Å². The van der Waals surface area contributed by atoms with Gasteiger partial charge in [0.15, 0.2) is 0 Å². The van der Waals surface area contributed by atoms with Crippen LogP contribution in [0.15, 0.2) is 0 Å². The first-order valence-electron chi connectivity index (χ1n) is 6.78. The van der Waals surface area contributed by atoms with Gasteiger partial charge in [-0.2, -0.15) is 0 Å². The topological polar surface area (TPSA) is 69.6 Å². The lowest BCUT2D eigenvalue weighted by Gasteiger charge is -2.36. The summed E-state index contributed by atoms with van der Waals surface area (Å²) in [7, 11) is 0. The standard InChI is InChI=1S/C14H28N2O3/c1-10(2)7-15-12(17)9-16(14(4,5)6)8-11(3)13(18)19/h10-11H,7-9H2,1-6H3,(H,15,17)(H,18,19). The number of aliphatic carboxylic acids is 1. The Morgan fingerprint density at radius 1 is 1.21 bits per heavy atom. The number of carboxylic acids is 1. The van der Waals surface area contributed by atoms with Crippen molar-refractivity contribution in [3.63, 3.8) is 0 Å². The summed E-state index contributed by atoms with van der Waals surface area (Å²) in [5.74, 6) is -0.972. The van der Waals surface area contributed by atoms with Crippen LogP contribution in [0, 0.1) is 11.8 Å². The van der Waals surface area contributed by atoms with Gasteiger partial charge in [-0.3, -0.25) is 14.5 Å². The van der Waals surface area contributed by atoms with Gasteiger partial charge in [0.1, 0.15) is 0 Å². The van der Waals surface area contributed by atoms with Crippen molar-refractivity contribution in [3.05, 3.63) is 0 Å². The van der Waals surface area contributed by atoms with Gasteiger partial charge in [0.25, 0.3) is 0 Å². The van der Waals surface area contributed by atoms with Crippen LogP contribution in [0.5, 0.6) is 0 Å². The summed E-state index contributed by atoms with van der Waals surface area (Å²) in [6.07, 6.45) is 0. The van der Waals surface area contributed by atoms with Gasteiger partial charge >= 0.3 is 5.97 Å². The van der Waals surface area contributed by atoms with Crippen molar-refractivity contribution in [3.8, 4) is 0 Å². The van der Waals surface area contributed by atoms with E-state index in [4.69, 9.17) is 5.11 Å². The zero-order chi connectivity index (χ0) is 15.2. The van der Waals surface area contributed by atoms with E-state index < -0.39 is 11.9 Å². The number of carboxylic acid groups (broad SMARTS) is 1. The lowest BCUT2D eigenvalue weighted by atomic mass is 10.0. The summed E-state index contributed by atoms with van der Waals surface area (Å²) in [6, 6.07) is 0. The summed E-state index contributed by atoms with van der Waals surface area (Å²) in [4.78, 5) is 24.7. The highest BCUT2D eigenvalue weighted by Crippen LogP contribution is 2.15. The molecule has 19 heavy (non-hydrogen) atoms. The highest BCUT2D eigenvalue weighted by Gasteiger charge is 2.27. The zero-order valence-corrected chi connectivity index (χ0v) is 13.0. The third-order valence-corrected chi connectivity index (χ3v) is 2.91. The molecule has 0 spiro atoms. The molecule has 0 rings (SSSR count). The van der Waals surface area contributed by atoms with Crippen molar-refractivity contribution in [2.75, 3.05) is 19.6 Å². The number of nitrogens with one attached hydrogen (secondary N) is 1. The molecule has 0 aliphatic rings. The summed E-state index contributed by atoms with van der Waals surface area (Å²) < 4.78 is 0. The predicted molar refractivity (Wildman–Crippen MR) is 76.0 cm³/mol. The monoisotopic (exact) mass is 272 g/mol. The lowest BCUT2D eigenvalue weighted by molar-refractivity contribution is -0.142. The molecular weight excluding hydrogens is 244 g/mol. The van der Waals surface area contributed by atoms with Crippen LogP contribution in [-0.4, -0.2) is 47.1 Å². The van der Waals surface area contributed by atoms with E-state index in [0.717, 1.165) is 0 Å². The molecular formula is C14H28N2O3. The van der Waals surface area contributed by atoms with Crippen LogP contribution in [0.1, 0.15) is 41.5 Å². The highest BCUT2D eigenvalue weighted by atomic mass is 16.4. The molecule has 1 amide bonds. The maximum atomic E-state index is 11.9. The summed E-state index contributed by atoms with van der Waals surface area (Å²) >= 11 is 0. The molecule has 0 aliphatic heterocycles. The number of rotatable bonds is 7. The molecule has 0 fully saturated rings. The Balaban J connectivity index is 4.53. The first-order chi connectivity index (χ1) is 8.54. The average molecular weight is 272 g/mol. The molecule has 2 N–H and O–H groups in total. The largest absolute Gasteiger partial charge is 0.481 e. The van der Waals surface area contributed by atoms with E-state index >= 15 is 0 Å².